The maximum Gasteiger partial charge on any atom is 2.00 e. The van der Waals surface area contributed by atoms with E-state index in [-0.39, 0.29) is 71.4 Å². The van der Waals surface area contributed by atoms with Crippen molar-refractivity contribution < 1.29 is 103 Å². The van der Waals surface area contributed by atoms with E-state index in [0.29, 0.717) is 11.6 Å². The molecule has 0 aliphatic carbocycles. The minimum Gasteiger partial charge on any atom is -0.871 e. The number of benzene rings is 7. The van der Waals surface area contributed by atoms with Gasteiger partial charge in [-0.3, -0.25) is 4.79 Å². The predicted molar refractivity (Wildman–Crippen MR) is 208 cm³/mol. The third kappa shape index (κ3) is 10.2. The van der Waals surface area contributed by atoms with Crippen LogP contribution >= 0.6 is 0 Å². The van der Waals surface area contributed by atoms with Crippen LogP contribution in [0.3, 0.4) is 0 Å². The fraction of sp³-hybridized carbons (Fsp3) is 0. The van der Waals surface area contributed by atoms with Crippen molar-refractivity contribution in [1.82, 2.24) is 0 Å². The molecule has 0 heterocycles. The summed E-state index contributed by atoms with van der Waals surface area (Å²) in [6.45, 7) is 0. The van der Waals surface area contributed by atoms with Crippen LogP contribution in [0.1, 0.15) is 14.6 Å². The number of hydrogen-bond donors (Lipinski definition) is 1. The van der Waals surface area contributed by atoms with E-state index in [1.54, 1.807) is 30.3 Å². The van der Waals surface area contributed by atoms with Gasteiger partial charge >= 0.3 is 38.4 Å². The molecule has 7 aromatic carbocycles. The number of hydrogen-bond acceptors (Lipinski definition) is 18. The number of amides is 1. The molecule has 0 saturated heterocycles. The van der Waals surface area contributed by atoms with Gasteiger partial charge in [-0.2, -0.15) is 15.3 Å². The Bertz CT molecular complexity index is 3410. The summed E-state index contributed by atoms with van der Waals surface area (Å²) in [5.41, 5.74) is -1.59. The number of anilines is 1. The summed E-state index contributed by atoms with van der Waals surface area (Å²) in [6.07, 6.45) is 0. The monoisotopic (exact) mass is 1010 g/mol. The molecule has 0 spiro atoms. The molecule has 0 saturated carbocycles. The minimum atomic E-state index is -5.49. The molecule has 0 aliphatic rings. The first-order valence-corrected chi connectivity index (χ1v) is 21.2. The fourth-order valence-electron chi connectivity index (χ4n) is 6.06. The van der Waals surface area contributed by atoms with Gasteiger partial charge in [0.2, 0.25) is 0 Å². The van der Waals surface area contributed by atoms with Crippen LogP contribution in [0, 0.1) is 0 Å². The van der Waals surface area contributed by atoms with E-state index < -0.39 is 102 Å². The van der Waals surface area contributed by atoms with E-state index >= 15 is 0 Å². The zero-order valence-corrected chi connectivity index (χ0v) is 35.1. The first-order chi connectivity index (χ1) is 28.7. The van der Waals surface area contributed by atoms with E-state index in [0.717, 1.165) is 48.5 Å². The number of azo groups is 2. The SMILES string of the molecule is O=C(Nc1ccc2c([O-])c(N=Nc3ccc(-c4ccc(N=Nc5c([O-])ccc6cc(S(=O)(=O)[O-])cc(S(=O)(=O)[O-])c56)c([O-])c4)cc3[O-])c(S(=O)(=O)[O-])cc2c1)c1ccccc1.[Cu+2].[Cu+2].[H+].[H+].[H+]. The predicted octanol–water partition coefficient (Wildman–Crippen LogP) is 5.08. The van der Waals surface area contributed by atoms with Gasteiger partial charge in [-0.25, -0.2) is 25.3 Å². The van der Waals surface area contributed by atoms with Crippen LogP contribution in [-0.4, -0.2) is 44.8 Å². The van der Waals surface area contributed by atoms with Gasteiger partial charge in [0.15, 0.2) is 0 Å². The van der Waals surface area contributed by atoms with Gasteiger partial charge in [-0.15, -0.1) is 5.11 Å². The van der Waals surface area contributed by atoms with Crippen LogP contribution in [-0.2, 0) is 64.5 Å². The van der Waals surface area contributed by atoms with Crippen LogP contribution in [0.4, 0.5) is 28.4 Å². The molecule has 0 fully saturated rings. The van der Waals surface area contributed by atoms with Crippen molar-refractivity contribution >= 4 is 86.2 Å². The number of carbonyl (C=O) groups is 1. The molecule has 19 nitrogen and oxygen atoms in total. The Labute approximate surface area is 382 Å². The van der Waals surface area contributed by atoms with E-state index in [1.165, 1.54) is 30.3 Å². The van der Waals surface area contributed by atoms with Crippen molar-refractivity contribution in [2.75, 3.05) is 5.32 Å². The van der Waals surface area contributed by atoms with Gasteiger partial charge in [0, 0.05) is 16.6 Å². The van der Waals surface area contributed by atoms with E-state index in [2.05, 4.69) is 25.8 Å². The standard InChI is InChI=1S/C39H27N5O14S3.2Cu/c45-30-13-8-23-15-26(59(50,51)52)19-33(60(53,54)55)35(23)36(30)43-41-28-11-6-21(16-31(28)46)22-7-12-29(32(47)17-22)42-44-37-34(61(56,57)58)18-24-14-25(9-10-27(24)38(37)48)40-39(49)20-4-2-1-3-5-20;;/h1-19,45-48H,(H,40,49)(H,50,51,52)(H,53,54,55)(H,56,57,58);;/q;2*+2/p-4. The Morgan fingerprint density at radius 3 is 1.63 bits per heavy atom. The van der Waals surface area contributed by atoms with Crippen LogP contribution in [0.5, 0.6) is 23.0 Å². The summed E-state index contributed by atoms with van der Waals surface area (Å²) in [6, 6.07) is 22.8. The third-order valence-electron chi connectivity index (χ3n) is 8.91. The number of nitrogens with one attached hydrogen (secondary N) is 1. The van der Waals surface area contributed by atoms with Crippen molar-refractivity contribution in [3.63, 3.8) is 0 Å². The zero-order valence-electron chi connectivity index (χ0n) is 33.8. The van der Waals surface area contributed by atoms with Crippen LogP contribution in [0.25, 0.3) is 32.7 Å². The summed E-state index contributed by atoms with van der Waals surface area (Å²) in [5.74, 6) is -4.10. The van der Waals surface area contributed by atoms with Crippen molar-refractivity contribution in [3.05, 3.63) is 121 Å². The van der Waals surface area contributed by atoms with Gasteiger partial charge < -0.3 is 39.4 Å². The van der Waals surface area contributed by atoms with Gasteiger partial charge in [0.25, 0.3) is 5.91 Å². The molecule has 1 N–H and O–H groups in total. The molecule has 7 rings (SSSR count). The van der Waals surface area contributed by atoms with Crippen molar-refractivity contribution in [1.29, 1.82) is 0 Å². The summed E-state index contributed by atoms with van der Waals surface area (Å²) < 4.78 is 108. The molecule has 0 atom stereocenters. The summed E-state index contributed by atoms with van der Waals surface area (Å²) in [5, 5.41) is 68.6. The summed E-state index contributed by atoms with van der Waals surface area (Å²) in [7, 11) is -16.1. The molecule has 0 unspecified atom stereocenters. The number of carbonyl (C=O) groups excluding carboxylic acids is 1. The fourth-order valence-corrected chi connectivity index (χ4v) is 8.04. The summed E-state index contributed by atoms with van der Waals surface area (Å²) in [4.78, 5) is 9.28. The number of rotatable bonds is 10. The second-order valence-corrected chi connectivity index (χ2v) is 16.9. The molecule has 328 valence electrons. The second kappa shape index (κ2) is 18.2. The molecule has 0 aliphatic heterocycles. The maximum atomic E-state index is 13.4. The Morgan fingerprint density at radius 1 is 0.524 bits per heavy atom. The Kier molecular flexibility index (Phi) is 13.8. The van der Waals surface area contributed by atoms with Crippen LogP contribution < -0.4 is 25.7 Å². The largest absolute Gasteiger partial charge is 2.00 e. The van der Waals surface area contributed by atoms with Gasteiger partial charge in [-0.1, -0.05) is 83.7 Å². The molecular weight excluding hydrogens is 986 g/mol. The first-order valence-electron chi connectivity index (χ1n) is 16.9. The summed E-state index contributed by atoms with van der Waals surface area (Å²) >= 11 is 0. The Hall–Kier alpha value is -6.30. The van der Waals surface area contributed by atoms with Gasteiger partial charge in [0.1, 0.15) is 30.4 Å². The second-order valence-electron chi connectivity index (χ2n) is 12.9. The normalized spacial score (nSPS) is 12.0. The van der Waals surface area contributed by atoms with Gasteiger partial charge in [0.05, 0.1) is 37.4 Å². The zero-order chi connectivity index (χ0) is 44.0. The Morgan fingerprint density at radius 2 is 1.10 bits per heavy atom. The van der Waals surface area contributed by atoms with E-state index in [4.69, 9.17) is 0 Å². The topological polar surface area (TPSA) is 342 Å². The molecule has 0 aromatic heterocycles. The quantitative estimate of drug-likeness (QED) is 0.106. The maximum absolute atomic E-state index is 13.4. The molecule has 0 bridgehead atoms. The van der Waals surface area contributed by atoms with Crippen LogP contribution in [0.2, 0.25) is 0 Å². The van der Waals surface area contributed by atoms with Crippen molar-refractivity contribution in [3.8, 4) is 34.1 Å². The van der Waals surface area contributed by atoms with E-state index in [1.807, 2.05) is 0 Å². The number of fused-ring (bicyclic) bond motifs is 2. The molecule has 7 aromatic rings. The minimum absolute atomic E-state index is 0. The molecule has 1 amide bonds. The first kappa shape index (κ1) is 47.7. The average Bonchev–Trinajstić information content (AvgIpc) is 3.19. The number of nitrogens with zero attached hydrogens (tertiary/aromatic N) is 4. The molecule has 2 radical (unpaired) electrons. The third-order valence-corrected chi connectivity index (χ3v) is 11.4. The molecule has 24 heteroatoms. The Balaban J connectivity index is 0.00000299. The van der Waals surface area contributed by atoms with Crippen LogP contribution in [0.15, 0.2) is 150 Å². The van der Waals surface area contributed by atoms with Crippen molar-refractivity contribution in [2.24, 2.45) is 20.5 Å². The van der Waals surface area contributed by atoms with Crippen molar-refractivity contribution in [2.45, 2.75) is 14.7 Å². The molecule has 63 heavy (non-hydrogen) atoms. The smallest absolute Gasteiger partial charge is 0.871 e. The average molecular weight is 1010 g/mol. The van der Waals surface area contributed by atoms with E-state index in [9.17, 15) is 64.1 Å². The van der Waals surface area contributed by atoms with Gasteiger partial charge in [-0.05, 0) is 81.9 Å². The molecular formula is C39H23Cu2N5O14S3.